The molecule has 12 heteroatoms. The standard InChI is InChI=1S/C40H38N4O7S/c1-7-18-49-31-16-14-27(20-24(31)3)36-29(23-43(42-36)30-12-10-9-11-13-30)22-34-38(46)44-37(28-15-17-32(51-26(5)45)33(21-28)48-6)35(39(47)50-19-8-2)25(4)41-40(44)52-34/h8-17,20-23,37H,2,7,18-19H2,1,3-6H3/b34-22-. The number of rotatable bonds is 12. The van der Waals surface area contributed by atoms with E-state index >= 15 is 0 Å². The molecular formula is C40H38N4O7S. The number of ether oxygens (including phenoxy) is 4. The monoisotopic (exact) mass is 718 g/mol. The van der Waals surface area contributed by atoms with E-state index < -0.39 is 18.0 Å². The molecule has 6 rings (SSSR count). The molecule has 0 aliphatic carbocycles. The molecule has 1 aliphatic heterocycles. The van der Waals surface area contributed by atoms with Gasteiger partial charge in [0.25, 0.3) is 5.56 Å². The average Bonchev–Trinajstić information content (AvgIpc) is 3.70. The van der Waals surface area contributed by atoms with Gasteiger partial charge in [0.2, 0.25) is 0 Å². The van der Waals surface area contributed by atoms with E-state index in [0.717, 1.165) is 29.0 Å². The van der Waals surface area contributed by atoms with Crippen molar-refractivity contribution in [1.29, 1.82) is 0 Å². The van der Waals surface area contributed by atoms with Gasteiger partial charge in [0.15, 0.2) is 16.3 Å². The Balaban J connectivity index is 1.54. The van der Waals surface area contributed by atoms with Gasteiger partial charge in [0, 0.05) is 24.2 Å². The van der Waals surface area contributed by atoms with Crippen LogP contribution in [0.2, 0.25) is 0 Å². The lowest BCUT2D eigenvalue weighted by Crippen LogP contribution is -2.40. The molecule has 5 aromatic rings. The van der Waals surface area contributed by atoms with Crippen LogP contribution in [0.25, 0.3) is 23.0 Å². The first-order valence-electron chi connectivity index (χ1n) is 16.7. The van der Waals surface area contributed by atoms with Crippen LogP contribution in [0, 0.1) is 6.92 Å². The van der Waals surface area contributed by atoms with Crippen LogP contribution in [0.4, 0.5) is 0 Å². The highest BCUT2D eigenvalue weighted by atomic mass is 32.1. The molecule has 2 aromatic heterocycles. The zero-order valence-corrected chi connectivity index (χ0v) is 30.4. The maximum absolute atomic E-state index is 14.5. The molecule has 0 spiro atoms. The number of allylic oxidation sites excluding steroid dienone is 1. The zero-order chi connectivity index (χ0) is 36.9. The molecule has 0 fully saturated rings. The van der Waals surface area contributed by atoms with Gasteiger partial charge in [-0.05, 0) is 79.9 Å². The van der Waals surface area contributed by atoms with Crippen molar-refractivity contribution >= 4 is 29.4 Å². The number of carbonyl (C=O) groups excluding carboxylic acids is 2. The summed E-state index contributed by atoms with van der Waals surface area (Å²) in [5.41, 5.74) is 4.80. The van der Waals surface area contributed by atoms with E-state index in [-0.39, 0.29) is 29.2 Å². The van der Waals surface area contributed by atoms with Crippen LogP contribution in [0.3, 0.4) is 0 Å². The summed E-state index contributed by atoms with van der Waals surface area (Å²) in [5, 5.41) is 4.97. The zero-order valence-electron chi connectivity index (χ0n) is 29.5. The third-order valence-corrected chi connectivity index (χ3v) is 9.27. The summed E-state index contributed by atoms with van der Waals surface area (Å²) in [7, 11) is 1.44. The second-order valence-corrected chi connectivity index (χ2v) is 13.0. The summed E-state index contributed by atoms with van der Waals surface area (Å²) in [6, 6.07) is 19.6. The van der Waals surface area contributed by atoms with E-state index in [4.69, 9.17) is 29.0 Å². The number of para-hydroxylation sites is 1. The summed E-state index contributed by atoms with van der Waals surface area (Å²) in [4.78, 5) is 44.9. The molecule has 11 nitrogen and oxygen atoms in total. The molecular weight excluding hydrogens is 681 g/mol. The number of hydrogen-bond acceptors (Lipinski definition) is 10. The fourth-order valence-corrected chi connectivity index (χ4v) is 6.98. The number of fused-ring (bicyclic) bond motifs is 1. The van der Waals surface area contributed by atoms with E-state index in [0.29, 0.717) is 38.5 Å². The fourth-order valence-electron chi connectivity index (χ4n) is 5.95. The van der Waals surface area contributed by atoms with Gasteiger partial charge in [-0.1, -0.05) is 55.2 Å². The minimum Gasteiger partial charge on any atom is -0.493 e. The smallest absolute Gasteiger partial charge is 0.338 e. The van der Waals surface area contributed by atoms with Gasteiger partial charge < -0.3 is 18.9 Å². The summed E-state index contributed by atoms with van der Waals surface area (Å²) < 4.78 is 25.9. The third kappa shape index (κ3) is 7.24. The lowest BCUT2D eigenvalue weighted by Gasteiger charge is -2.25. The van der Waals surface area contributed by atoms with E-state index in [9.17, 15) is 14.4 Å². The summed E-state index contributed by atoms with van der Waals surface area (Å²) in [5.74, 6) is 0.0951. The largest absolute Gasteiger partial charge is 0.493 e. The average molecular weight is 719 g/mol. The number of esters is 2. The molecule has 3 aromatic carbocycles. The maximum Gasteiger partial charge on any atom is 0.338 e. The van der Waals surface area contributed by atoms with Crippen LogP contribution < -0.4 is 29.1 Å². The predicted octanol–water partition coefficient (Wildman–Crippen LogP) is 5.85. The van der Waals surface area contributed by atoms with Crippen molar-refractivity contribution in [2.75, 3.05) is 20.3 Å². The van der Waals surface area contributed by atoms with Gasteiger partial charge in [0.05, 0.1) is 41.2 Å². The molecule has 0 saturated heterocycles. The fraction of sp³-hybridized carbons (Fsp3) is 0.225. The van der Waals surface area contributed by atoms with Crippen LogP contribution in [-0.4, -0.2) is 46.6 Å². The van der Waals surface area contributed by atoms with Crippen molar-refractivity contribution < 1.29 is 28.5 Å². The van der Waals surface area contributed by atoms with E-state index in [1.165, 1.54) is 36.0 Å². The predicted molar refractivity (Wildman–Crippen MR) is 199 cm³/mol. The number of aryl methyl sites for hydroxylation is 1. The minimum atomic E-state index is -0.930. The second-order valence-electron chi connectivity index (χ2n) is 12.0. The Hall–Kier alpha value is -6.01. The van der Waals surface area contributed by atoms with Crippen molar-refractivity contribution in [3.8, 4) is 34.2 Å². The lowest BCUT2D eigenvalue weighted by atomic mass is 9.95. The number of aromatic nitrogens is 3. The molecule has 0 amide bonds. The Kier molecular flexibility index (Phi) is 10.7. The number of methoxy groups -OCH3 is 1. The number of nitrogens with zero attached hydrogens (tertiary/aromatic N) is 4. The molecule has 0 radical (unpaired) electrons. The number of carbonyl (C=O) groups is 2. The molecule has 52 heavy (non-hydrogen) atoms. The minimum absolute atomic E-state index is 0.0270. The molecule has 1 atom stereocenters. The van der Waals surface area contributed by atoms with Crippen molar-refractivity contribution in [3.05, 3.63) is 133 Å². The number of benzene rings is 3. The molecule has 1 aliphatic rings. The molecule has 0 saturated carbocycles. The Labute approximate surface area is 304 Å². The van der Waals surface area contributed by atoms with Crippen molar-refractivity contribution in [3.63, 3.8) is 0 Å². The summed E-state index contributed by atoms with van der Waals surface area (Å²) in [6.07, 6.45) is 6.06. The first-order valence-corrected chi connectivity index (χ1v) is 17.5. The van der Waals surface area contributed by atoms with E-state index in [2.05, 4.69) is 13.5 Å². The van der Waals surface area contributed by atoms with Crippen molar-refractivity contribution in [2.45, 2.75) is 40.2 Å². The van der Waals surface area contributed by atoms with Crippen LogP contribution in [-0.2, 0) is 14.3 Å². The van der Waals surface area contributed by atoms with Crippen LogP contribution in [0.5, 0.6) is 17.2 Å². The van der Waals surface area contributed by atoms with Gasteiger partial charge in [0.1, 0.15) is 18.1 Å². The first kappa shape index (κ1) is 35.8. The molecule has 0 bridgehead atoms. The SMILES string of the molecule is C=CCOC(=O)C1=C(C)N=c2s/c(=C\c3cn(-c4ccccc4)nc3-c3ccc(OCCC)c(C)c3)c(=O)n2C1c1ccc(OC(C)=O)c(OC)c1. The Morgan fingerprint density at radius 1 is 1.02 bits per heavy atom. The normalized spacial score (nSPS) is 14.0. The van der Waals surface area contributed by atoms with Gasteiger partial charge in [-0.2, -0.15) is 5.10 Å². The molecule has 3 heterocycles. The maximum atomic E-state index is 14.5. The van der Waals surface area contributed by atoms with Gasteiger partial charge in [-0.25, -0.2) is 14.5 Å². The van der Waals surface area contributed by atoms with Crippen molar-refractivity contribution in [2.24, 2.45) is 4.99 Å². The van der Waals surface area contributed by atoms with Crippen LogP contribution in [0.15, 0.2) is 107 Å². The number of thiazole rings is 1. The topological polar surface area (TPSA) is 123 Å². The highest BCUT2D eigenvalue weighted by Crippen LogP contribution is 2.36. The van der Waals surface area contributed by atoms with E-state index in [1.54, 1.807) is 35.9 Å². The van der Waals surface area contributed by atoms with E-state index in [1.807, 2.05) is 61.7 Å². The van der Waals surface area contributed by atoms with Gasteiger partial charge in [-0.15, -0.1) is 0 Å². The Bertz CT molecular complexity index is 2390. The first-order chi connectivity index (χ1) is 25.1. The second kappa shape index (κ2) is 15.5. The van der Waals surface area contributed by atoms with Crippen molar-refractivity contribution in [1.82, 2.24) is 14.3 Å². The summed E-state index contributed by atoms with van der Waals surface area (Å²) >= 11 is 1.20. The van der Waals surface area contributed by atoms with Crippen LogP contribution in [0.1, 0.15) is 49.9 Å². The van der Waals surface area contributed by atoms with Gasteiger partial charge >= 0.3 is 11.9 Å². The Morgan fingerprint density at radius 2 is 1.79 bits per heavy atom. The van der Waals surface area contributed by atoms with Crippen LogP contribution >= 0.6 is 11.3 Å². The van der Waals surface area contributed by atoms with Gasteiger partial charge in [-0.3, -0.25) is 14.2 Å². The third-order valence-electron chi connectivity index (χ3n) is 8.29. The molecule has 0 N–H and O–H groups in total. The highest BCUT2D eigenvalue weighted by Gasteiger charge is 2.34. The molecule has 1 unspecified atom stereocenters. The highest BCUT2D eigenvalue weighted by molar-refractivity contribution is 7.07. The Morgan fingerprint density at radius 3 is 2.48 bits per heavy atom. The molecule has 266 valence electrons. The summed E-state index contributed by atoms with van der Waals surface area (Å²) in [6.45, 7) is 11.3. The number of hydrogen-bond donors (Lipinski definition) is 0. The lowest BCUT2D eigenvalue weighted by molar-refractivity contribution is -0.138. The quantitative estimate of drug-likeness (QED) is 0.0895.